The van der Waals surface area contributed by atoms with Crippen molar-refractivity contribution in [3.05, 3.63) is 59.4 Å². The molecule has 0 aliphatic heterocycles. The van der Waals surface area contributed by atoms with Crippen molar-refractivity contribution < 1.29 is 21.6 Å². The van der Waals surface area contributed by atoms with E-state index in [0.717, 1.165) is 24.0 Å². The molecule has 1 atom stereocenters. The Morgan fingerprint density at radius 2 is 1.83 bits per heavy atom. The number of nitrogens with zero attached hydrogens (tertiary/aromatic N) is 2. The smallest absolute Gasteiger partial charge is 0.262 e. The van der Waals surface area contributed by atoms with Crippen LogP contribution in [0.25, 0.3) is 0 Å². The molecule has 0 fully saturated rings. The Labute approximate surface area is 136 Å². The second kappa shape index (κ2) is 6.59. The van der Waals surface area contributed by atoms with Gasteiger partial charge in [-0.3, -0.25) is 4.98 Å². The highest BCUT2D eigenvalue weighted by molar-refractivity contribution is 7.89. The molecule has 0 bridgehead atoms. The molecule has 0 saturated carbocycles. The van der Waals surface area contributed by atoms with Gasteiger partial charge in [0.2, 0.25) is 10.0 Å². The average Bonchev–Trinajstić information content (AvgIpc) is 2.53. The van der Waals surface area contributed by atoms with Gasteiger partial charge in [0.1, 0.15) is 17.0 Å². The van der Waals surface area contributed by atoms with Crippen molar-refractivity contribution in [2.24, 2.45) is 0 Å². The largest absolute Gasteiger partial charge is 0.408 e. The third-order valence-corrected chi connectivity index (χ3v) is 4.55. The number of sulfonamides is 1. The van der Waals surface area contributed by atoms with Gasteiger partial charge in [0.15, 0.2) is 0 Å². The minimum absolute atomic E-state index is 0.0724. The van der Waals surface area contributed by atoms with E-state index in [2.05, 4.69) is 4.98 Å². The fourth-order valence-electron chi connectivity index (χ4n) is 1.93. The van der Waals surface area contributed by atoms with Crippen LogP contribution in [0, 0.1) is 18.3 Å². The first kappa shape index (κ1) is 17.9. The Kier molecular flexibility index (Phi) is 4.91. The Hall–Kier alpha value is -2.44. The van der Waals surface area contributed by atoms with Gasteiger partial charge in [-0.15, -0.1) is 0 Å². The molecular formula is C15H12F3N3O2S. The fourth-order valence-corrected chi connectivity index (χ4v) is 3.13. The highest BCUT2D eigenvalue weighted by atomic mass is 32.2. The number of rotatable bonds is 4. The SMILES string of the molecule is Cc1ccc([C@@H](NS(=O)(=O)c2cncc(C#N)c2)C(F)(F)F)cc1. The molecule has 0 radical (unpaired) electrons. The molecule has 1 aromatic carbocycles. The zero-order valence-electron chi connectivity index (χ0n) is 12.4. The van der Waals surface area contributed by atoms with Gasteiger partial charge in [0, 0.05) is 12.4 Å². The molecule has 0 spiro atoms. The summed E-state index contributed by atoms with van der Waals surface area (Å²) in [7, 11) is -4.52. The van der Waals surface area contributed by atoms with Crippen LogP contribution in [0.3, 0.4) is 0 Å². The van der Waals surface area contributed by atoms with Crippen LogP contribution in [-0.4, -0.2) is 19.6 Å². The van der Waals surface area contributed by atoms with Gasteiger partial charge in [-0.1, -0.05) is 29.8 Å². The minimum Gasteiger partial charge on any atom is -0.262 e. The van der Waals surface area contributed by atoms with Gasteiger partial charge < -0.3 is 0 Å². The predicted octanol–water partition coefficient (Wildman–Crippen LogP) is 2.84. The van der Waals surface area contributed by atoms with Gasteiger partial charge in [-0.05, 0) is 18.6 Å². The van der Waals surface area contributed by atoms with Gasteiger partial charge in [0.25, 0.3) is 0 Å². The number of halogens is 3. The minimum atomic E-state index is -4.83. The number of alkyl halides is 3. The molecule has 2 aromatic rings. The number of nitriles is 1. The van der Waals surface area contributed by atoms with Gasteiger partial charge in [0.05, 0.1) is 5.56 Å². The number of aromatic nitrogens is 1. The Bertz CT molecular complexity index is 872. The van der Waals surface area contributed by atoms with Crippen molar-refractivity contribution >= 4 is 10.0 Å². The van der Waals surface area contributed by atoms with Crippen LogP contribution >= 0.6 is 0 Å². The topological polar surface area (TPSA) is 82.8 Å². The quantitative estimate of drug-likeness (QED) is 0.914. The van der Waals surface area contributed by atoms with Crippen molar-refractivity contribution in [2.45, 2.75) is 24.0 Å². The fraction of sp³-hybridized carbons (Fsp3) is 0.200. The summed E-state index contributed by atoms with van der Waals surface area (Å²) in [6.07, 6.45) is -2.84. The summed E-state index contributed by atoms with van der Waals surface area (Å²) in [5, 5.41) is 8.76. The molecule has 0 aliphatic carbocycles. The third kappa shape index (κ3) is 4.10. The Morgan fingerprint density at radius 3 is 2.38 bits per heavy atom. The first-order chi connectivity index (χ1) is 11.1. The lowest BCUT2D eigenvalue weighted by Gasteiger charge is -2.22. The lowest BCUT2D eigenvalue weighted by molar-refractivity contribution is -0.153. The van der Waals surface area contributed by atoms with Crippen molar-refractivity contribution in [2.75, 3.05) is 0 Å². The second-order valence-corrected chi connectivity index (χ2v) is 6.74. The molecule has 24 heavy (non-hydrogen) atoms. The molecular weight excluding hydrogens is 343 g/mol. The number of nitrogens with one attached hydrogen (secondary N) is 1. The summed E-state index contributed by atoms with van der Waals surface area (Å²) < 4.78 is 66.0. The van der Waals surface area contributed by atoms with Crippen molar-refractivity contribution in [1.82, 2.24) is 9.71 Å². The van der Waals surface area contributed by atoms with Gasteiger partial charge >= 0.3 is 6.18 Å². The second-order valence-electron chi connectivity index (χ2n) is 5.03. The van der Waals surface area contributed by atoms with Crippen LogP contribution in [0.4, 0.5) is 13.2 Å². The van der Waals surface area contributed by atoms with Crippen LogP contribution < -0.4 is 4.72 Å². The Balaban J connectivity index is 2.42. The Morgan fingerprint density at radius 1 is 1.21 bits per heavy atom. The summed E-state index contributed by atoms with van der Waals surface area (Å²) in [6, 6.07) is 5.57. The van der Waals surface area contributed by atoms with Crippen molar-refractivity contribution in [1.29, 1.82) is 5.26 Å². The van der Waals surface area contributed by atoms with Crippen LogP contribution in [-0.2, 0) is 10.0 Å². The third-order valence-electron chi connectivity index (χ3n) is 3.16. The van der Waals surface area contributed by atoms with Gasteiger partial charge in [-0.25, -0.2) is 8.42 Å². The monoisotopic (exact) mass is 355 g/mol. The van der Waals surface area contributed by atoms with E-state index < -0.39 is 27.1 Å². The molecule has 126 valence electrons. The maximum Gasteiger partial charge on any atom is 0.408 e. The summed E-state index contributed by atoms with van der Waals surface area (Å²) in [6.45, 7) is 1.70. The zero-order valence-corrected chi connectivity index (χ0v) is 13.2. The highest BCUT2D eigenvalue weighted by Gasteiger charge is 2.43. The first-order valence-electron chi connectivity index (χ1n) is 6.64. The molecule has 1 N–H and O–H groups in total. The van der Waals surface area contributed by atoms with E-state index in [-0.39, 0.29) is 11.1 Å². The lowest BCUT2D eigenvalue weighted by atomic mass is 10.1. The number of pyridine rings is 1. The molecule has 0 saturated heterocycles. The summed E-state index contributed by atoms with van der Waals surface area (Å²) in [5.74, 6) is 0. The normalized spacial score (nSPS) is 13.3. The first-order valence-corrected chi connectivity index (χ1v) is 8.12. The van der Waals surface area contributed by atoms with Crippen LogP contribution in [0.15, 0.2) is 47.6 Å². The lowest BCUT2D eigenvalue weighted by Crippen LogP contribution is -2.38. The maximum absolute atomic E-state index is 13.3. The molecule has 2 rings (SSSR count). The molecule has 0 amide bonds. The maximum atomic E-state index is 13.3. The van der Waals surface area contributed by atoms with E-state index in [4.69, 9.17) is 5.26 Å². The van der Waals surface area contributed by atoms with E-state index in [1.807, 2.05) is 0 Å². The van der Waals surface area contributed by atoms with Crippen molar-refractivity contribution in [3.8, 4) is 6.07 Å². The van der Waals surface area contributed by atoms with Crippen molar-refractivity contribution in [3.63, 3.8) is 0 Å². The van der Waals surface area contributed by atoms with E-state index in [0.29, 0.717) is 0 Å². The molecule has 0 aliphatic rings. The van der Waals surface area contributed by atoms with E-state index in [9.17, 15) is 21.6 Å². The highest BCUT2D eigenvalue weighted by Crippen LogP contribution is 2.34. The van der Waals surface area contributed by atoms with E-state index >= 15 is 0 Å². The molecule has 9 heteroatoms. The predicted molar refractivity (Wildman–Crippen MR) is 79.2 cm³/mol. The standard InChI is InChI=1S/C15H12F3N3O2S/c1-10-2-4-12(5-3-10)14(15(16,17)18)21-24(22,23)13-6-11(7-19)8-20-9-13/h2-6,8-9,14,21H,1H3/t14-/m1/s1. The average molecular weight is 355 g/mol. The molecule has 1 aromatic heterocycles. The van der Waals surface area contributed by atoms with Crippen LogP contribution in [0.1, 0.15) is 22.7 Å². The van der Waals surface area contributed by atoms with Crippen LogP contribution in [0.5, 0.6) is 0 Å². The summed E-state index contributed by atoms with van der Waals surface area (Å²) in [4.78, 5) is 3.04. The number of aryl methyl sites for hydroxylation is 1. The number of hydrogen-bond donors (Lipinski definition) is 1. The number of benzene rings is 1. The molecule has 5 nitrogen and oxygen atoms in total. The number of hydrogen-bond acceptors (Lipinski definition) is 4. The van der Waals surface area contributed by atoms with E-state index in [1.54, 1.807) is 17.7 Å². The summed E-state index contributed by atoms with van der Waals surface area (Å²) in [5.41, 5.74) is 0.436. The van der Waals surface area contributed by atoms with Gasteiger partial charge in [-0.2, -0.15) is 23.2 Å². The zero-order chi connectivity index (χ0) is 18.0. The summed E-state index contributed by atoms with van der Waals surface area (Å²) >= 11 is 0. The molecule has 1 heterocycles. The van der Waals surface area contributed by atoms with Crippen LogP contribution in [0.2, 0.25) is 0 Å². The molecule has 0 unspecified atom stereocenters. The van der Waals surface area contributed by atoms with E-state index in [1.165, 1.54) is 24.3 Å².